The molecule has 1 heterocycles. The van der Waals surface area contributed by atoms with Gasteiger partial charge in [-0.05, 0) is 43.9 Å². The Morgan fingerprint density at radius 1 is 1.36 bits per heavy atom. The number of aryl methyl sites for hydroxylation is 1. The van der Waals surface area contributed by atoms with Gasteiger partial charge in [0.05, 0.1) is 13.7 Å². The Kier molecular flexibility index (Phi) is 5.95. The van der Waals surface area contributed by atoms with Gasteiger partial charge < -0.3 is 10.1 Å². The third kappa shape index (κ3) is 4.31. The van der Waals surface area contributed by atoms with Crippen LogP contribution in [0.25, 0.3) is 0 Å². The normalized spacial score (nSPS) is 18.2. The molecule has 5 nitrogen and oxygen atoms in total. The van der Waals surface area contributed by atoms with Crippen LogP contribution in [0.3, 0.4) is 0 Å². The van der Waals surface area contributed by atoms with E-state index in [9.17, 15) is 9.59 Å². The first-order valence-electron chi connectivity index (χ1n) is 7.75. The van der Waals surface area contributed by atoms with Crippen molar-refractivity contribution in [3.8, 4) is 0 Å². The fourth-order valence-electron chi connectivity index (χ4n) is 2.89. The van der Waals surface area contributed by atoms with Crippen LogP contribution >= 0.6 is 0 Å². The van der Waals surface area contributed by atoms with Gasteiger partial charge >= 0.3 is 5.97 Å². The Morgan fingerprint density at radius 3 is 2.86 bits per heavy atom. The summed E-state index contributed by atoms with van der Waals surface area (Å²) < 4.78 is 4.79. The minimum atomic E-state index is -0.271. The first-order chi connectivity index (χ1) is 10.6. The smallest absolute Gasteiger partial charge is 0.323 e. The van der Waals surface area contributed by atoms with E-state index in [0.717, 1.165) is 25.8 Å². The molecule has 0 unspecified atom stereocenters. The summed E-state index contributed by atoms with van der Waals surface area (Å²) in [6.45, 7) is 3.71. The molecular formula is C17H24N2O3. The van der Waals surface area contributed by atoms with E-state index in [1.807, 2.05) is 17.0 Å². The van der Waals surface area contributed by atoms with Gasteiger partial charge in [0, 0.05) is 6.54 Å². The average Bonchev–Trinajstić information content (AvgIpc) is 2.96. The molecule has 0 saturated carbocycles. The summed E-state index contributed by atoms with van der Waals surface area (Å²) in [5.74, 6) is -0.283. The van der Waals surface area contributed by atoms with E-state index in [-0.39, 0.29) is 24.5 Å². The number of likely N-dealkylation sites (tertiary alicyclic amines) is 1. The standard InChI is InChI=1S/C17H24N2O3/c1-13-6-3-4-7-14(13)9-10-18-16(20)12-19-11-5-8-15(19)17(21)22-2/h3-4,6-7,15H,5,8-12H2,1-2H3,(H,18,20)/t15-/m0/s1. The van der Waals surface area contributed by atoms with E-state index in [1.54, 1.807) is 0 Å². The van der Waals surface area contributed by atoms with Crippen molar-refractivity contribution < 1.29 is 14.3 Å². The Hall–Kier alpha value is -1.88. The Bertz CT molecular complexity index is 530. The van der Waals surface area contributed by atoms with Crippen molar-refractivity contribution in [3.05, 3.63) is 35.4 Å². The van der Waals surface area contributed by atoms with Gasteiger partial charge in [-0.2, -0.15) is 0 Å². The zero-order chi connectivity index (χ0) is 15.9. The van der Waals surface area contributed by atoms with Gasteiger partial charge in [-0.3, -0.25) is 14.5 Å². The molecule has 0 aromatic heterocycles. The summed E-state index contributed by atoms with van der Waals surface area (Å²) in [4.78, 5) is 25.6. The molecule has 0 aliphatic carbocycles. The van der Waals surface area contributed by atoms with Gasteiger partial charge in [0.25, 0.3) is 0 Å². The van der Waals surface area contributed by atoms with Crippen molar-refractivity contribution in [2.45, 2.75) is 32.2 Å². The summed E-state index contributed by atoms with van der Waals surface area (Å²) in [5.41, 5.74) is 2.48. The molecule has 1 aromatic rings. The van der Waals surface area contributed by atoms with E-state index < -0.39 is 0 Å². The number of hydrogen-bond acceptors (Lipinski definition) is 4. The zero-order valence-electron chi connectivity index (χ0n) is 13.3. The van der Waals surface area contributed by atoms with Crippen LogP contribution in [0.1, 0.15) is 24.0 Å². The number of carbonyl (C=O) groups excluding carboxylic acids is 2. The fourth-order valence-corrected chi connectivity index (χ4v) is 2.89. The van der Waals surface area contributed by atoms with Crippen molar-refractivity contribution in [2.24, 2.45) is 0 Å². The number of rotatable bonds is 6. The molecule has 22 heavy (non-hydrogen) atoms. The molecule has 2 rings (SSSR count). The highest BCUT2D eigenvalue weighted by Crippen LogP contribution is 2.17. The van der Waals surface area contributed by atoms with Gasteiger partial charge in [0.1, 0.15) is 6.04 Å². The summed E-state index contributed by atoms with van der Waals surface area (Å²) in [6, 6.07) is 7.90. The SMILES string of the molecule is COC(=O)[C@@H]1CCCN1CC(=O)NCCc1ccccc1C. The van der Waals surface area contributed by atoms with Gasteiger partial charge in [0.15, 0.2) is 0 Å². The molecular weight excluding hydrogens is 280 g/mol. The highest BCUT2D eigenvalue weighted by Gasteiger charge is 2.32. The predicted molar refractivity (Wildman–Crippen MR) is 84.5 cm³/mol. The first kappa shape index (κ1) is 16.5. The lowest BCUT2D eigenvalue weighted by atomic mass is 10.1. The summed E-state index contributed by atoms with van der Waals surface area (Å²) in [5, 5.41) is 2.93. The minimum Gasteiger partial charge on any atom is -0.468 e. The minimum absolute atomic E-state index is 0.0376. The third-order valence-corrected chi connectivity index (χ3v) is 4.16. The lowest BCUT2D eigenvalue weighted by molar-refractivity contribution is -0.146. The molecule has 120 valence electrons. The van der Waals surface area contributed by atoms with Gasteiger partial charge in [-0.25, -0.2) is 0 Å². The quantitative estimate of drug-likeness (QED) is 0.805. The van der Waals surface area contributed by atoms with Crippen LogP contribution in [0.4, 0.5) is 0 Å². The monoisotopic (exact) mass is 304 g/mol. The van der Waals surface area contributed by atoms with Crippen LogP contribution in [0, 0.1) is 6.92 Å². The second kappa shape index (κ2) is 7.94. The third-order valence-electron chi connectivity index (χ3n) is 4.16. The van der Waals surface area contributed by atoms with E-state index in [0.29, 0.717) is 6.54 Å². The van der Waals surface area contributed by atoms with Gasteiger partial charge in [-0.1, -0.05) is 24.3 Å². The van der Waals surface area contributed by atoms with Crippen molar-refractivity contribution in [2.75, 3.05) is 26.7 Å². The van der Waals surface area contributed by atoms with Gasteiger partial charge in [-0.15, -0.1) is 0 Å². The van der Waals surface area contributed by atoms with Crippen LogP contribution in [-0.4, -0.2) is 49.6 Å². The lowest BCUT2D eigenvalue weighted by Gasteiger charge is -2.21. The second-order valence-corrected chi connectivity index (χ2v) is 5.68. The molecule has 1 N–H and O–H groups in total. The Labute approximate surface area is 131 Å². The molecule has 0 spiro atoms. The molecule has 0 radical (unpaired) electrons. The summed E-state index contributed by atoms with van der Waals surface area (Å²) >= 11 is 0. The molecule has 1 saturated heterocycles. The van der Waals surface area contributed by atoms with E-state index in [1.165, 1.54) is 18.2 Å². The maximum atomic E-state index is 12.0. The number of carbonyl (C=O) groups is 2. The Balaban J connectivity index is 1.76. The van der Waals surface area contributed by atoms with Crippen LogP contribution in [0.15, 0.2) is 24.3 Å². The van der Waals surface area contributed by atoms with E-state index in [4.69, 9.17) is 4.74 Å². The number of benzene rings is 1. The first-order valence-corrected chi connectivity index (χ1v) is 7.75. The topological polar surface area (TPSA) is 58.6 Å². The van der Waals surface area contributed by atoms with Crippen molar-refractivity contribution >= 4 is 11.9 Å². The number of esters is 1. The van der Waals surface area contributed by atoms with Crippen LogP contribution in [0.5, 0.6) is 0 Å². The highest BCUT2D eigenvalue weighted by atomic mass is 16.5. The van der Waals surface area contributed by atoms with Crippen LogP contribution < -0.4 is 5.32 Å². The van der Waals surface area contributed by atoms with E-state index in [2.05, 4.69) is 24.4 Å². The molecule has 1 atom stereocenters. The number of ether oxygens (including phenoxy) is 1. The van der Waals surface area contributed by atoms with E-state index >= 15 is 0 Å². The number of amides is 1. The largest absolute Gasteiger partial charge is 0.468 e. The molecule has 1 amide bonds. The molecule has 5 heteroatoms. The second-order valence-electron chi connectivity index (χ2n) is 5.68. The maximum absolute atomic E-state index is 12.0. The fraction of sp³-hybridized carbons (Fsp3) is 0.529. The Morgan fingerprint density at radius 2 is 2.14 bits per heavy atom. The highest BCUT2D eigenvalue weighted by molar-refractivity contribution is 5.80. The van der Waals surface area contributed by atoms with Crippen LogP contribution in [-0.2, 0) is 20.7 Å². The van der Waals surface area contributed by atoms with Crippen molar-refractivity contribution in [1.29, 1.82) is 0 Å². The number of hydrogen-bond donors (Lipinski definition) is 1. The molecule has 1 aliphatic heterocycles. The average molecular weight is 304 g/mol. The van der Waals surface area contributed by atoms with Crippen LogP contribution in [0.2, 0.25) is 0 Å². The maximum Gasteiger partial charge on any atom is 0.323 e. The summed E-state index contributed by atoms with van der Waals surface area (Å²) in [7, 11) is 1.39. The predicted octanol–water partition coefficient (Wildman–Crippen LogP) is 1.29. The molecule has 1 fully saturated rings. The number of nitrogens with one attached hydrogen (secondary N) is 1. The van der Waals surface area contributed by atoms with Crippen molar-refractivity contribution in [3.63, 3.8) is 0 Å². The zero-order valence-corrected chi connectivity index (χ0v) is 13.3. The molecule has 0 bridgehead atoms. The molecule has 1 aliphatic rings. The number of methoxy groups -OCH3 is 1. The van der Waals surface area contributed by atoms with Crippen molar-refractivity contribution in [1.82, 2.24) is 10.2 Å². The lowest BCUT2D eigenvalue weighted by Crippen LogP contribution is -2.43. The number of nitrogens with zero attached hydrogens (tertiary/aromatic N) is 1. The van der Waals surface area contributed by atoms with Gasteiger partial charge in [0.2, 0.25) is 5.91 Å². The summed E-state index contributed by atoms with van der Waals surface area (Å²) in [6.07, 6.45) is 2.51. The molecule has 1 aromatic carbocycles.